The van der Waals surface area contributed by atoms with E-state index in [2.05, 4.69) is 63.8 Å². The smallest absolute Gasteiger partial charge is 0.177 e. The quantitative estimate of drug-likeness (QED) is 0.739. The molecule has 3 aromatic heterocycles. The molecule has 6 heteroatoms. The number of aromatic nitrogens is 4. The molecule has 4 rings (SSSR count). The van der Waals surface area contributed by atoms with Crippen LogP contribution in [0.5, 0.6) is 0 Å². The molecule has 0 radical (unpaired) electrons. The lowest BCUT2D eigenvalue weighted by molar-refractivity contribution is 0.252. The number of hydrogen-bond acceptors (Lipinski definition) is 4. The molecule has 0 aromatic carbocycles. The molecule has 1 aliphatic rings. The first-order valence-electron chi connectivity index (χ1n) is 9.48. The molecule has 2 atom stereocenters. The Balaban J connectivity index is 0.00000210. The number of nitrogens with zero attached hydrogens (tertiary/aromatic N) is 4. The Labute approximate surface area is 168 Å². The van der Waals surface area contributed by atoms with E-state index in [0.29, 0.717) is 12.0 Å². The first-order chi connectivity index (χ1) is 12.5. The highest BCUT2D eigenvalue weighted by molar-refractivity contribution is 7.59. The predicted molar refractivity (Wildman–Crippen MR) is 115 cm³/mol. The zero-order chi connectivity index (χ0) is 18.3. The molecule has 1 unspecified atom stereocenters. The van der Waals surface area contributed by atoms with E-state index >= 15 is 0 Å². The van der Waals surface area contributed by atoms with Gasteiger partial charge in [-0.15, -0.1) is 0 Å². The summed E-state index contributed by atoms with van der Waals surface area (Å²) < 4.78 is 0. The molecule has 144 valence electrons. The van der Waals surface area contributed by atoms with E-state index in [-0.39, 0.29) is 13.5 Å². The van der Waals surface area contributed by atoms with E-state index in [1.807, 2.05) is 13.1 Å². The van der Waals surface area contributed by atoms with Gasteiger partial charge in [-0.1, -0.05) is 0 Å². The minimum Gasteiger partial charge on any atom is -0.341 e. The first kappa shape index (κ1) is 19.8. The van der Waals surface area contributed by atoms with Crippen LogP contribution in [-0.2, 0) is 6.42 Å². The lowest BCUT2D eigenvalue weighted by Gasteiger charge is -2.24. The van der Waals surface area contributed by atoms with Crippen LogP contribution in [0.25, 0.3) is 11.2 Å². The van der Waals surface area contributed by atoms with Crippen LogP contribution in [-0.4, -0.2) is 37.9 Å². The van der Waals surface area contributed by atoms with Crippen LogP contribution in [0.3, 0.4) is 0 Å². The van der Waals surface area contributed by atoms with Gasteiger partial charge in [-0.25, -0.2) is 9.97 Å². The molecule has 4 heterocycles. The Morgan fingerprint density at radius 3 is 2.63 bits per heavy atom. The molecule has 0 spiro atoms. The van der Waals surface area contributed by atoms with Crippen LogP contribution in [0.2, 0.25) is 0 Å². The number of fused-ring (bicyclic) bond motifs is 1. The van der Waals surface area contributed by atoms with Crippen LogP contribution in [0.1, 0.15) is 47.7 Å². The average molecular weight is 384 g/mol. The Kier molecular flexibility index (Phi) is 5.86. The lowest BCUT2D eigenvalue weighted by Crippen LogP contribution is -2.25. The second-order valence-electron chi connectivity index (χ2n) is 7.75. The molecule has 27 heavy (non-hydrogen) atoms. The summed E-state index contributed by atoms with van der Waals surface area (Å²) in [5.41, 5.74) is 6.77. The Hall–Kier alpha value is -1.92. The van der Waals surface area contributed by atoms with Crippen LogP contribution < -0.4 is 0 Å². The van der Waals surface area contributed by atoms with Gasteiger partial charge in [-0.3, -0.25) is 9.88 Å². The molecular weight excluding hydrogens is 354 g/mol. The maximum atomic E-state index is 4.52. The molecule has 5 nitrogen and oxygen atoms in total. The van der Waals surface area contributed by atoms with Crippen molar-refractivity contribution in [2.45, 2.75) is 46.6 Å². The van der Waals surface area contributed by atoms with Gasteiger partial charge in [0.2, 0.25) is 0 Å². The minimum absolute atomic E-state index is 0. The molecular formula is C21H29N5S. The topological polar surface area (TPSA) is 57.7 Å². The Morgan fingerprint density at radius 1 is 1.15 bits per heavy atom. The molecule has 1 fully saturated rings. The molecule has 1 saturated heterocycles. The summed E-state index contributed by atoms with van der Waals surface area (Å²) >= 11 is 0. The summed E-state index contributed by atoms with van der Waals surface area (Å²) in [5.74, 6) is 1.63. The largest absolute Gasteiger partial charge is 0.341 e. The fraction of sp³-hybridized carbons (Fsp3) is 0.476. The number of aromatic amines is 1. The predicted octanol–water partition coefficient (Wildman–Crippen LogP) is 4.02. The number of aryl methyl sites for hydroxylation is 3. The van der Waals surface area contributed by atoms with Crippen molar-refractivity contribution in [2.24, 2.45) is 5.92 Å². The summed E-state index contributed by atoms with van der Waals surface area (Å²) in [5, 5.41) is 0. The van der Waals surface area contributed by atoms with E-state index in [0.717, 1.165) is 47.9 Å². The van der Waals surface area contributed by atoms with Crippen molar-refractivity contribution in [1.29, 1.82) is 0 Å². The number of nitrogens with one attached hydrogen (secondary N) is 1. The van der Waals surface area contributed by atoms with Crippen LogP contribution in [0.15, 0.2) is 24.4 Å². The number of hydrogen-bond donors (Lipinski definition) is 1. The molecule has 3 aromatic rings. The maximum absolute atomic E-state index is 4.52. The van der Waals surface area contributed by atoms with Crippen molar-refractivity contribution < 1.29 is 0 Å². The van der Waals surface area contributed by atoms with Gasteiger partial charge in [0, 0.05) is 30.2 Å². The highest BCUT2D eigenvalue weighted by Crippen LogP contribution is 2.30. The third-order valence-corrected chi connectivity index (χ3v) is 5.49. The van der Waals surface area contributed by atoms with Crippen molar-refractivity contribution in [2.75, 3.05) is 13.1 Å². The van der Waals surface area contributed by atoms with E-state index in [4.69, 9.17) is 0 Å². The van der Waals surface area contributed by atoms with E-state index < -0.39 is 0 Å². The number of rotatable bonds is 4. The maximum Gasteiger partial charge on any atom is 0.177 e. The van der Waals surface area contributed by atoms with Gasteiger partial charge in [0.25, 0.3) is 0 Å². The van der Waals surface area contributed by atoms with Gasteiger partial charge in [0.15, 0.2) is 5.65 Å². The van der Waals surface area contributed by atoms with Crippen molar-refractivity contribution in [3.05, 3.63) is 52.7 Å². The highest BCUT2D eigenvalue weighted by Gasteiger charge is 2.27. The van der Waals surface area contributed by atoms with E-state index in [1.54, 1.807) is 0 Å². The highest BCUT2D eigenvalue weighted by atomic mass is 32.1. The summed E-state index contributed by atoms with van der Waals surface area (Å²) in [6, 6.07) is 7.05. The monoisotopic (exact) mass is 383 g/mol. The summed E-state index contributed by atoms with van der Waals surface area (Å²) in [4.78, 5) is 19.3. The third kappa shape index (κ3) is 4.33. The molecule has 0 saturated carbocycles. The van der Waals surface area contributed by atoms with Gasteiger partial charge < -0.3 is 4.98 Å². The van der Waals surface area contributed by atoms with Crippen molar-refractivity contribution >= 4 is 24.7 Å². The Bertz CT molecular complexity index is 915. The van der Waals surface area contributed by atoms with Gasteiger partial charge in [-0.05, 0) is 82.3 Å². The van der Waals surface area contributed by atoms with Crippen LogP contribution >= 0.6 is 13.5 Å². The SMILES string of the molecule is Cc1cc(C[C@H]2CCN(C(C)c3cnc4nc(C)[nH]c4c3)C2)cc(C)n1.S. The van der Waals surface area contributed by atoms with Gasteiger partial charge >= 0.3 is 0 Å². The van der Waals surface area contributed by atoms with E-state index in [1.165, 1.54) is 17.5 Å². The second kappa shape index (κ2) is 7.98. The zero-order valence-corrected chi connectivity index (χ0v) is 17.6. The van der Waals surface area contributed by atoms with Crippen molar-refractivity contribution in [3.63, 3.8) is 0 Å². The third-order valence-electron chi connectivity index (χ3n) is 5.49. The number of likely N-dealkylation sites (tertiary alicyclic amines) is 1. The normalized spacial score (nSPS) is 18.6. The lowest BCUT2D eigenvalue weighted by atomic mass is 9.98. The molecule has 0 bridgehead atoms. The molecule has 0 amide bonds. The molecule has 1 aliphatic heterocycles. The number of H-pyrrole nitrogens is 1. The van der Waals surface area contributed by atoms with Crippen molar-refractivity contribution in [1.82, 2.24) is 24.8 Å². The van der Waals surface area contributed by atoms with Gasteiger partial charge in [-0.2, -0.15) is 13.5 Å². The number of pyridine rings is 2. The second-order valence-corrected chi connectivity index (χ2v) is 7.75. The standard InChI is InChI=1S/C21H27N5.H2S/c1-13-7-18(8-14(2)23-13)9-17-5-6-26(12-17)15(3)19-10-20-21(22-11-19)25-16(4)24-20;/h7-8,10-11,15,17H,5-6,9,12H2,1-4H3,(H,22,24,25);1H2/t15?,17-;/m1./s1. The molecule has 1 N–H and O–H groups in total. The molecule has 0 aliphatic carbocycles. The average Bonchev–Trinajstić information content (AvgIpc) is 3.17. The Morgan fingerprint density at radius 2 is 1.89 bits per heavy atom. The fourth-order valence-electron chi connectivity index (χ4n) is 4.23. The summed E-state index contributed by atoms with van der Waals surface area (Å²) in [6.45, 7) is 10.7. The van der Waals surface area contributed by atoms with Crippen LogP contribution in [0, 0.1) is 26.7 Å². The van der Waals surface area contributed by atoms with Gasteiger partial charge in [0.05, 0.1) is 5.52 Å². The zero-order valence-electron chi connectivity index (χ0n) is 16.6. The summed E-state index contributed by atoms with van der Waals surface area (Å²) in [6.07, 6.45) is 4.38. The van der Waals surface area contributed by atoms with Crippen LogP contribution in [0.4, 0.5) is 0 Å². The van der Waals surface area contributed by atoms with Gasteiger partial charge in [0.1, 0.15) is 5.82 Å². The van der Waals surface area contributed by atoms with E-state index in [9.17, 15) is 0 Å². The summed E-state index contributed by atoms with van der Waals surface area (Å²) in [7, 11) is 0. The minimum atomic E-state index is 0. The van der Waals surface area contributed by atoms with Crippen molar-refractivity contribution in [3.8, 4) is 0 Å². The first-order valence-corrected chi connectivity index (χ1v) is 9.48. The number of imidazole rings is 1. The fourth-order valence-corrected chi connectivity index (χ4v) is 4.23.